The molecule has 1 saturated carbocycles. The molecule has 2 fully saturated rings. The third kappa shape index (κ3) is 4.38. The summed E-state index contributed by atoms with van der Waals surface area (Å²) in [6.07, 6.45) is 9.13. The molecule has 1 aliphatic heterocycles. The van der Waals surface area contributed by atoms with E-state index in [1.54, 1.807) is 6.20 Å². The largest absolute Gasteiger partial charge is 0.381 e. The summed E-state index contributed by atoms with van der Waals surface area (Å²) < 4.78 is 9.32. The van der Waals surface area contributed by atoms with Crippen molar-refractivity contribution in [3.63, 3.8) is 0 Å². The van der Waals surface area contributed by atoms with Gasteiger partial charge in [0.2, 0.25) is 0 Å². The Labute approximate surface area is 189 Å². The molecule has 0 atom stereocenters. The maximum absolute atomic E-state index is 13.7. The van der Waals surface area contributed by atoms with Crippen LogP contribution in [-0.2, 0) is 17.7 Å². The molecule has 0 N–H and O–H groups in total. The molecule has 170 valence electrons. The first-order valence-electron chi connectivity index (χ1n) is 12.2. The van der Waals surface area contributed by atoms with E-state index in [4.69, 9.17) is 9.84 Å². The van der Waals surface area contributed by atoms with Crippen LogP contribution in [0, 0.1) is 18.8 Å². The summed E-state index contributed by atoms with van der Waals surface area (Å²) in [5.74, 6) is 3.39. The number of benzene rings is 1. The van der Waals surface area contributed by atoms with E-state index < -0.39 is 0 Å². The summed E-state index contributed by atoms with van der Waals surface area (Å²) in [6, 6.07) is 8.55. The van der Waals surface area contributed by atoms with E-state index in [0.29, 0.717) is 23.8 Å². The highest BCUT2D eigenvalue weighted by Gasteiger charge is 2.25. The minimum absolute atomic E-state index is 0.0477. The number of rotatable bonds is 5. The smallest absolute Gasteiger partial charge is 0.279 e. The first-order valence-corrected chi connectivity index (χ1v) is 12.2. The quantitative estimate of drug-likeness (QED) is 0.593. The Bertz CT molecular complexity index is 1120. The van der Waals surface area contributed by atoms with Gasteiger partial charge in [0.05, 0.1) is 6.20 Å². The van der Waals surface area contributed by atoms with Crippen LogP contribution in [0.15, 0.2) is 35.3 Å². The predicted molar refractivity (Wildman–Crippen MR) is 125 cm³/mol. The summed E-state index contributed by atoms with van der Waals surface area (Å²) >= 11 is 0. The molecular formula is C26H34N4O2. The Morgan fingerprint density at radius 2 is 1.75 bits per heavy atom. The summed E-state index contributed by atoms with van der Waals surface area (Å²) in [5, 5.41) is 5.05. The van der Waals surface area contributed by atoms with Crippen molar-refractivity contribution in [2.45, 2.75) is 71.3 Å². The van der Waals surface area contributed by atoms with Crippen LogP contribution < -0.4 is 5.56 Å². The maximum atomic E-state index is 13.7. The average molecular weight is 435 g/mol. The van der Waals surface area contributed by atoms with Crippen LogP contribution >= 0.6 is 0 Å². The Hall–Kier alpha value is -2.47. The van der Waals surface area contributed by atoms with Gasteiger partial charge in [-0.3, -0.25) is 9.36 Å². The fourth-order valence-electron chi connectivity index (χ4n) is 5.25. The molecule has 1 aliphatic carbocycles. The van der Waals surface area contributed by atoms with Crippen molar-refractivity contribution < 1.29 is 4.74 Å². The molecule has 1 aromatic carbocycles. The van der Waals surface area contributed by atoms with Gasteiger partial charge in [-0.2, -0.15) is 5.10 Å². The predicted octanol–water partition coefficient (Wildman–Crippen LogP) is 4.51. The van der Waals surface area contributed by atoms with Gasteiger partial charge in [-0.05, 0) is 50.0 Å². The second-order valence-corrected chi connectivity index (χ2v) is 9.92. The summed E-state index contributed by atoms with van der Waals surface area (Å²) in [5.41, 5.74) is 3.07. The van der Waals surface area contributed by atoms with E-state index in [1.807, 2.05) is 9.08 Å². The normalized spacial score (nSPS) is 22.4. The van der Waals surface area contributed by atoms with E-state index >= 15 is 0 Å². The first kappa shape index (κ1) is 21.4. The summed E-state index contributed by atoms with van der Waals surface area (Å²) in [6.45, 7) is 6.68. The lowest BCUT2D eigenvalue weighted by atomic mass is 9.83. The standard InChI is InChI=1S/C26H34N4O2/c1-18-3-7-20(8-4-18)15-24-28-30-23(16-27-25(30)22-11-13-32-14-12-22)26(31)29(24)17-21-9-5-19(2)6-10-21/h3-4,7-8,16,19,21-22H,5-6,9-15,17H2,1-2H3/t19-,21+. The number of fused-ring (bicyclic) bond motifs is 1. The van der Waals surface area contributed by atoms with Crippen LogP contribution in [0.4, 0.5) is 0 Å². The van der Waals surface area contributed by atoms with Crippen LogP contribution in [0.25, 0.3) is 5.52 Å². The Balaban J connectivity index is 1.55. The van der Waals surface area contributed by atoms with Gasteiger partial charge >= 0.3 is 0 Å². The molecule has 32 heavy (non-hydrogen) atoms. The molecule has 2 aliphatic rings. The van der Waals surface area contributed by atoms with Crippen LogP contribution in [0.3, 0.4) is 0 Å². The molecule has 0 spiro atoms. The van der Waals surface area contributed by atoms with Crippen LogP contribution in [-0.4, -0.2) is 32.4 Å². The third-order valence-electron chi connectivity index (χ3n) is 7.40. The van der Waals surface area contributed by atoms with Gasteiger partial charge in [0.1, 0.15) is 11.6 Å². The van der Waals surface area contributed by atoms with E-state index in [2.05, 4.69) is 43.1 Å². The lowest BCUT2D eigenvalue weighted by molar-refractivity contribution is 0.0832. The van der Waals surface area contributed by atoms with E-state index in [-0.39, 0.29) is 5.56 Å². The van der Waals surface area contributed by atoms with Crippen molar-refractivity contribution >= 4 is 5.52 Å². The molecule has 6 nitrogen and oxygen atoms in total. The van der Waals surface area contributed by atoms with Crippen molar-refractivity contribution in [1.82, 2.24) is 19.2 Å². The van der Waals surface area contributed by atoms with E-state index in [0.717, 1.165) is 50.2 Å². The number of aromatic nitrogens is 4. The number of hydrogen-bond acceptors (Lipinski definition) is 4. The van der Waals surface area contributed by atoms with E-state index in [1.165, 1.54) is 36.8 Å². The molecule has 0 bridgehead atoms. The highest BCUT2D eigenvalue weighted by Crippen LogP contribution is 2.30. The SMILES string of the molecule is Cc1ccc(Cc2nn3c(C4CCOCC4)ncc3c(=O)n2C[C@H]2CC[C@@H](C)CC2)cc1. The topological polar surface area (TPSA) is 61.4 Å². The van der Waals surface area contributed by atoms with Crippen molar-refractivity contribution in [1.29, 1.82) is 0 Å². The molecule has 3 aromatic rings. The highest BCUT2D eigenvalue weighted by atomic mass is 16.5. The molecular weight excluding hydrogens is 400 g/mol. The number of aryl methyl sites for hydroxylation is 1. The van der Waals surface area contributed by atoms with Gasteiger partial charge in [0.15, 0.2) is 5.52 Å². The number of ether oxygens (including phenoxy) is 1. The van der Waals surface area contributed by atoms with Gasteiger partial charge in [0, 0.05) is 32.1 Å². The third-order valence-corrected chi connectivity index (χ3v) is 7.40. The van der Waals surface area contributed by atoms with Gasteiger partial charge in [-0.15, -0.1) is 0 Å². The molecule has 5 rings (SSSR count). The fourth-order valence-corrected chi connectivity index (χ4v) is 5.25. The van der Waals surface area contributed by atoms with Crippen LogP contribution in [0.5, 0.6) is 0 Å². The van der Waals surface area contributed by atoms with Crippen molar-refractivity contribution in [3.05, 3.63) is 63.6 Å². The van der Waals surface area contributed by atoms with Crippen molar-refractivity contribution in [2.75, 3.05) is 13.2 Å². The van der Waals surface area contributed by atoms with Crippen molar-refractivity contribution in [2.24, 2.45) is 11.8 Å². The Morgan fingerprint density at radius 3 is 2.47 bits per heavy atom. The molecule has 0 amide bonds. The number of nitrogens with zero attached hydrogens (tertiary/aromatic N) is 4. The minimum Gasteiger partial charge on any atom is -0.381 e. The molecule has 6 heteroatoms. The average Bonchev–Trinajstić information content (AvgIpc) is 3.24. The molecule has 1 saturated heterocycles. The monoisotopic (exact) mass is 434 g/mol. The lowest BCUT2D eigenvalue weighted by Crippen LogP contribution is -2.32. The Morgan fingerprint density at radius 1 is 1.03 bits per heavy atom. The van der Waals surface area contributed by atoms with Crippen molar-refractivity contribution in [3.8, 4) is 0 Å². The van der Waals surface area contributed by atoms with E-state index in [9.17, 15) is 4.79 Å². The van der Waals surface area contributed by atoms with Crippen LogP contribution in [0.1, 0.15) is 74.1 Å². The van der Waals surface area contributed by atoms with Gasteiger partial charge < -0.3 is 4.74 Å². The zero-order valence-corrected chi connectivity index (χ0v) is 19.3. The van der Waals surface area contributed by atoms with Crippen LogP contribution in [0.2, 0.25) is 0 Å². The fraction of sp³-hybridized carbons (Fsp3) is 0.577. The minimum atomic E-state index is 0.0477. The molecule has 0 radical (unpaired) electrons. The highest BCUT2D eigenvalue weighted by molar-refractivity contribution is 5.43. The Kier molecular flexibility index (Phi) is 6.13. The zero-order chi connectivity index (χ0) is 22.1. The number of hydrogen-bond donors (Lipinski definition) is 0. The molecule has 2 aromatic heterocycles. The second kappa shape index (κ2) is 9.18. The number of imidazole rings is 1. The summed E-state index contributed by atoms with van der Waals surface area (Å²) in [7, 11) is 0. The lowest BCUT2D eigenvalue weighted by Gasteiger charge is -2.27. The maximum Gasteiger partial charge on any atom is 0.279 e. The molecule has 3 heterocycles. The first-order chi connectivity index (χ1) is 15.6. The zero-order valence-electron chi connectivity index (χ0n) is 19.3. The molecule has 0 unspecified atom stereocenters. The second-order valence-electron chi connectivity index (χ2n) is 9.92. The van der Waals surface area contributed by atoms with Gasteiger partial charge in [-0.25, -0.2) is 9.50 Å². The summed E-state index contributed by atoms with van der Waals surface area (Å²) in [4.78, 5) is 18.3. The van der Waals surface area contributed by atoms with Gasteiger partial charge in [0.25, 0.3) is 5.56 Å². The van der Waals surface area contributed by atoms with Gasteiger partial charge in [-0.1, -0.05) is 49.6 Å².